The topological polar surface area (TPSA) is 55.4 Å². The molecule has 0 aliphatic rings. The van der Waals surface area contributed by atoms with Gasteiger partial charge in [-0.25, -0.2) is 4.79 Å². The first kappa shape index (κ1) is 17.9. The van der Waals surface area contributed by atoms with Gasteiger partial charge in [0.2, 0.25) is 0 Å². The Hall–Kier alpha value is -1.06. The molecule has 19 heavy (non-hydrogen) atoms. The number of ketones is 1. The van der Waals surface area contributed by atoms with Gasteiger partial charge >= 0.3 is 6.09 Å². The van der Waals surface area contributed by atoms with Crippen LogP contribution in [0.25, 0.3) is 0 Å². The van der Waals surface area contributed by atoms with E-state index in [2.05, 4.69) is 5.32 Å². The van der Waals surface area contributed by atoms with Crippen LogP contribution in [-0.2, 0) is 9.53 Å². The third-order valence-corrected chi connectivity index (χ3v) is 2.53. The normalized spacial score (nSPS) is 14.8. The van der Waals surface area contributed by atoms with Crippen LogP contribution in [0.4, 0.5) is 4.79 Å². The van der Waals surface area contributed by atoms with Crippen LogP contribution in [-0.4, -0.2) is 23.5 Å². The SMILES string of the molecule is CC(C)(C)OC(=O)N[C@H](C(=O)C(C)(C)C)C(C)(C)C. The van der Waals surface area contributed by atoms with Gasteiger partial charge in [-0.05, 0) is 26.2 Å². The molecule has 0 fully saturated rings. The minimum absolute atomic E-state index is 0.00543. The van der Waals surface area contributed by atoms with E-state index < -0.39 is 23.2 Å². The molecule has 0 aromatic rings. The first-order chi connectivity index (χ1) is 8.14. The van der Waals surface area contributed by atoms with Crippen molar-refractivity contribution in [1.29, 1.82) is 0 Å². The Bertz CT molecular complexity index is 340. The second-order valence-corrected chi connectivity index (χ2v) is 8.06. The molecule has 0 aliphatic carbocycles. The molecule has 4 nitrogen and oxygen atoms in total. The Kier molecular flexibility index (Phi) is 5.21. The molecule has 0 radical (unpaired) electrons. The summed E-state index contributed by atoms with van der Waals surface area (Å²) >= 11 is 0. The molecule has 0 aromatic carbocycles. The highest BCUT2D eigenvalue weighted by Gasteiger charge is 2.39. The van der Waals surface area contributed by atoms with Crippen molar-refractivity contribution in [3.63, 3.8) is 0 Å². The summed E-state index contributed by atoms with van der Waals surface area (Å²) in [6.07, 6.45) is -0.551. The molecule has 0 bridgehead atoms. The standard InChI is InChI=1S/C15H29NO3/c1-13(2,3)10(11(17)14(4,5)6)16-12(18)19-15(7,8)9/h10H,1-9H3,(H,16,18)/t10-/m1/s1. The number of rotatable bonds is 2. The van der Waals surface area contributed by atoms with Crippen molar-refractivity contribution in [3.8, 4) is 0 Å². The van der Waals surface area contributed by atoms with Crippen LogP contribution in [0.15, 0.2) is 0 Å². The second kappa shape index (κ2) is 5.51. The lowest BCUT2D eigenvalue weighted by atomic mass is 9.76. The van der Waals surface area contributed by atoms with Crippen LogP contribution >= 0.6 is 0 Å². The quantitative estimate of drug-likeness (QED) is 0.835. The van der Waals surface area contributed by atoms with Gasteiger partial charge < -0.3 is 10.1 Å². The summed E-state index contributed by atoms with van der Waals surface area (Å²) in [5.41, 5.74) is -1.44. The molecular weight excluding hydrogens is 242 g/mol. The van der Waals surface area contributed by atoms with Crippen molar-refractivity contribution >= 4 is 11.9 Å². The van der Waals surface area contributed by atoms with Crippen LogP contribution in [0.1, 0.15) is 62.3 Å². The fourth-order valence-electron chi connectivity index (χ4n) is 1.53. The maximum atomic E-state index is 12.4. The third kappa shape index (κ3) is 6.60. The van der Waals surface area contributed by atoms with Gasteiger partial charge in [-0.15, -0.1) is 0 Å². The average molecular weight is 271 g/mol. The van der Waals surface area contributed by atoms with Gasteiger partial charge in [0.05, 0.1) is 6.04 Å². The molecule has 1 amide bonds. The van der Waals surface area contributed by atoms with Gasteiger partial charge in [0.25, 0.3) is 0 Å². The van der Waals surface area contributed by atoms with E-state index in [-0.39, 0.29) is 11.2 Å². The fourth-order valence-corrected chi connectivity index (χ4v) is 1.53. The van der Waals surface area contributed by atoms with Crippen molar-refractivity contribution in [3.05, 3.63) is 0 Å². The van der Waals surface area contributed by atoms with E-state index in [1.165, 1.54) is 0 Å². The van der Waals surface area contributed by atoms with E-state index in [1.807, 2.05) is 41.5 Å². The van der Waals surface area contributed by atoms with E-state index in [9.17, 15) is 9.59 Å². The van der Waals surface area contributed by atoms with Crippen LogP contribution in [0.2, 0.25) is 0 Å². The van der Waals surface area contributed by atoms with Crippen molar-refractivity contribution in [2.75, 3.05) is 0 Å². The lowest BCUT2D eigenvalue weighted by Crippen LogP contribution is -2.53. The first-order valence-corrected chi connectivity index (χ1v) is 6.68. The zero-order valence-corrected chi connectivity index (χ0v) is 13.8. The van der Waals surface area contributed by atoms with Gasteiger partial charge in [0, 0.05) is 5.41 Å². The number of carbonyl (C=O) groups is 2. The van der Waals surface area contributed by atoms with Gasteiger partial charge in [0.15, 0.2) is 5.78 Å². The molecule has 1 N–H and O–H groups in total. The van der Waals surface area contributed by atoms with Crippen LogP contribution in [0.5, 0.6) is 0 Å². The smallest absolute Gasteiger partial charge is 0.408 e. The fraction of sp³-hybridized carbons (Fsp3) is 0.867. The molecule has 0 heterocycles. The number of hydrogen-bond donors (Lipinski definition) is 1. The summed E-state index contributed by atoms with van der Waals surface area (Å²) in [4.78, 5) is 24.3. The summed E-state index contributed by atoms with van der Waals surface area (Å²) in [5.74, 6) is 0.00543. The number of alkyl carbamates (subject to hydrolysis) is 1. The number of hydrogen-bond acceptors (Lipinski definition) is 3. The van der Waals surface area contributed by atoms with Gasteiger partial charge in [-0.3, -0.25) is 4.79 Å². The van der Waals surface area contributed by atoms with Gasteiger partial charge in [-0.1, -0.05) is 41.5 Å². The molecule has 4 heteroatoms. The number of Topliss-reactive ketones (excluding diaryl/α,β-unsaturated/α-hetero) is 1. The van der Waals surface area contributed by atoms with Crippen molar-refractivity contribution < 1.29 is 14.3 Å². The number of ether oxygens (including phenoxy) is 1. The van der Waals surface area contributed by atoms with Gasteiger partial charge in [-0.2, -0.15) is 0 Å². The highest BCUT2D eigenvalue weighted by atomic mass is 16.6. The number of nitrogens with one attached hydrogen (secondary N) is 1. The lowest BCUT2D eigenvalue weighted by Gasteiger charge is -2.35. The molecule has 0 aliphatic heterocycles. The average Bonchev–Trinajstić information content (AvgIpc) is 2.06. The summed E-state index contributed by atoms with van der Waals surface area (Å²) in [6, 6.07) is -0.567. The highest BCUT2D eigenvalue weighted by Crippen LogP contribution is 2.27. The predicted octanol–water partition coefficient (Wildman–Crippen LogP) is 3.54. The number of carbonyl (C=O) groups excluding carboxylic acids is 2. The summed E-state index contributed by atoms with van der Waals surface area (Å²) in [7, 11) is 0. The summed E-state index contributed by atoms with van der Waals surface area (Å²) < 4.78 is 5.22. The summed E-state index contributed by atoms with van der Waals surface area (Å²) in [5, 5.41) is 2.71. The highest BCUT2D eigenvalue weighted by molar-refractivity contribution is 5.92. The Morgan fingerprint density at radius 1 is 0.895 bits per heavy atom. The zero-order valence-electron chi connectivity index (χ0n) is 13.8. The molecule has 0 unspecified atom stereocenters. The molecule has 1 atom stereocenters. The largest absolute Gasteiger partial charge is 0.444 e. The van der Waals surface area contributed by atoms with E-state index in [4.69, 9.17) is 4.74 Å². The monoisotopic (exact) mass is 271 g/mol. The minimum atomic E-state index is -0.572. The Balaban J connectivity index is 5.02. The van der Waals surface area contributed by atoms with Crippen LogP contribution in [0, 0.1) is 10.8 Å². The number of amides is 1. The maximum Gasteiger partial charge on any atom is 0.408 e. The Morgan fingerprint density at radius 2 is 1.32 bits per heavy atom. The zero-order chi connectivity index (χ0) is 15.6. The van der Waals surface area contributed by atoms with Crippen molar-refractivity contribution in [2.24, 2.45) is 10.8 Å². The van der Waals surface area contributed by atoms with E-state index in [0.717, 1.165) is 0 Å². The Labute approximate surface area is 117 Å². The van der Waals surface area contributed by atoms with Crippen LogP contribution < -0.4 is 5.32 Å². The molecular formula is C15H29NO3. The maximum absolute atomic E-state index is 12.4. The molecule has 0 aromatic heterocycles. The predicted molar refractivity (Wildman–Crippen MR) is 77.1 cm³/mol. The third-order valence-electron chi connectivity index (χ3n) is 2.53. The van der Waals surface area contributed by atoms with E-state index in [0.29, 0.717) is 0 Å². The van der Waals surface area contributed by atoms with E-state index in [1.54, 1.807) is 20.8 Å². The van der Waals surface area contributed by atoms with Gasteiger partial charge in [0.1, 0.15) is 5.60 Å². The van der Waals surface area contributed by atoms with Crippen molar-refractivity contribution in [1.82, 2.24) is 5.32 Å². The molecule has 0 saturated carbocycles. The summed E-state index contributed by atoms with van der Waals surface area (Å²) in [6.45, 7) is 16.7. The lowest BCUT2D eigenvalue weighted by molar-refractivity contribution is -0.131. The molecule has 112 valence electrons. The van der Waals surface area contributed by atoms with Crippen LogP contribution in [0.3, 0.4) is 0 Å². The second-order valence-electron chi connectivity index (χ2n) is 8.06. The molecule has 0 rings (SSSR count). The first-order valence-electron chi connectivity index (χ1n) is 6.68. The van der Waals surface area contributed by atoms with Crippen molar-refractivity contribution in [2.45, 2.75) is 74.0 Å². The molecule has 0 saturated heterocycles. The Morgan fingerprint density at radius 3 is 1.58 bits per heavy atom. The minimum Gasteiger partial charge on any atom is -0.444 e. The molecule has 0 spiro atoms. The van der Waals surface area contributed by atoms with E-state index >= 15 is 0 Å².